The first-order valence-corrected chi connectivity index (χ1v) is 3.88. The SMILES string of the molecule is COC(=O)c1cccc(C=NNO)c1. The van der Waals surface area contributed by atoms with E-state index in [1.807, 2.05) is 0 Å². The Morgan fingerprint density at radius 2 is 2.43 bits per heavy atom. The quantitative estimate of drug-likeness (QED) is 0.424. The molecule has 14 heavy (non-hydrogen) atoms. The predicted molar refractivity (Wildman–Crippen MR) is 50.3 cm³/mol. The highest BCUT2D eigenvalue weighted by molar-refractivity contribution is 5.92. The molecule has 2 N–H and O–H groups in total. The molecule has 0 aliphatic carbocycles. The van der Waals surface area contributed by atoms with Crippen LogP contribution in [-0.2, 0) is 4.74 Å². The summed E-state index contributed by atoms with van der Waals surface area (Å²) in [6, 6.07) is 6.68. The third-order valence-electron chi connectivity index (χ3n) is 1.58. The van der Waals surface area contributed by atoms with E-state index >= 15 is 0 Å². The van der Waals surface area contributed by atoms with Gasteiger partial charge in [-0.15, -0.1) is 0 Å². The molecule has 0 aliphatic rings. The molecule has 74 valence electrons. The number of hydrogen-bond donors (Lipinski definition) is 2. The van der Waals surface area contributed by atoms with E-state index in [-0.39, 0.29) is 0 Å². The van der Waals surface area contributed by atoms with Gasteiger partial charge in [0, 0.05) is 0 Å². The second-order valence-electron chi connectivity index (χ2n) is 2.48. The van der Waals surface area contributed by atoms with Gasteiger partial charge in [0.2, 0.25) is 0 Å². The Balaban J connectivity index is 2.89. The van der Waals surface area contributed by atoms with Crippen molar-refractivity contribution in [2.45, 2.75) is 0 Å². The first-order chi connectivity index (χ1) is 6.77. The Morgan fingerprint density at radius 3 is 3.07 bits per heavy atom. The molecule has 0 spiro atoms. The molecule has 1 aromatic carbocycles. The molecule has 1 rings (SSSR count). The number of carbonyl (C=O) groups excluding carboxylic acids is 1. The average Bonchev–Trinajstić information content (AvgIpc) is 2.25. The van der Waals surface area contributed by atoms with Crippen LogP contribution in [0.15, 0.2) is 29.4 Å². The first kappa shape index (κ1) is 10.2. The number of benzene rings is 1. The van der Waals surface area contributed by atoms with Crippen molar-refractivity contribution in [3.63, 3.8) is 0 Å². The van der Waals surface area contributed by atoms with Crippen LogP contribution >= 0.6 is 0 Å². The molecule has 0 radical (unpaired) electrons. The molecule has 0 saturated carbocycles. The Labute approximate surface area is 81.0 Å². The van der Waals surface area contributed by atoms with Crippen LogP contribution in [0, 0.1) is 0 Å². The maximum atomic E-state index is 11.1. The zero-order valence-corrected chi connectivity index (χ0v) is 7.60. The number of nitrogens with zero attached hydrogens (tertiary/aromatic N) is 1. The van der Waals surface area contributed by atoms with E-state index in [9.17, 15) is 4.79 Å². The molecule has 0 saturated heterocycles. The summed E-state index contributed by atoms with van der Waals surface area (Å²) in [5.74, 6) is -0.405. The molecule has 0 aromatic heterocycles. The van der Waals surface area contributed by atoms with Crippen molar-refractivity contribution in [2.75, 3.05) is 7.11 Å². The van der Waals surface area contributed by atoms with Crippen LogP contribution in [0.4, 0.5) is 0 Å². The fourth-order valence-corrected chi connectivity index (χ4v) is 0.967. The van der Waals surface area contributed by atoms with Gasteiger partial charge in [-0.05, 0) is 17.7 Å². The van der Waals surface area contributed by atoms with Gasteiger partial charge in [0.15, 0.2) is 0 Å². The second kappa shape index (κ2) is 4.98. The Bertz CT molecular complexity index is 350. The maximum absolute atomic E-state index is 11.1. The van der Waals surface area contributed by atoms with Gasteiger partial charge in [0.05, 0.1) is 18.9 Å². The smallest absolute Gasteiger partial charge is 0.337 e. The van der Waals surface area contributed by atoms with Gasteiger partial charge in [-0.2, -0.15) is 10.7 Å². The molecule has 0 aliphatic heterocycles. The van der Waals surface area contributed by atoms with Crippen LogP contribution in [0.3, 0.4) is 0 Å². The number of hydrazone groups is 1. The van der Waals surface area contributed by atoms with Crippen LogP contribution in [-0.4, -0.2) is 24.5 Å². The summed E-state index contributed by atoms with van der Waals surface area (Å²) in [5, 5.41) is 11.6. The van der Waals surface area contributed by atoms with Crippen LogP contribution in [0.2, 0.25) is 0 Å². The minimum absolute atomic E-state index is 0.405. The molecular weight excluding hydrogens is 184 g/mol. The van der Waals surface area contributed by atoms with Crippen LogP contribution < -0.4 is 5.59 Å². The number of carbonyl (C=O) groups is 1. The topological polar surface area (TPSA) is 70.9 Å². The van der Waals surface area contributed by atoms with E-state index in [1.54, 1.807) is 29.9 Å². The van der Waals surface area contributed by atoms with E-state index in [4.69, 9.17) is 5.21 Å². The van der Waals surface area contributed by atoms with Crippen molar-refractivity contribution in [3.8, 4) is 0 Å². The lowest BCUT2D eigenvalue weighted by molar-refractivity contribution is 0.0600. The first-order valence-electron chi connectivity index (χ1n) is 3.88. The summed E-state index contributed by atoms with van der Waals surface area (Å²) in [6.45, 7) is 0. The fourth-order valence-electron chi connectivity index (χ4n) is 0.967. The third kappa shape index (κ3) is 2.56. The Kier molecular flexibility index (Phi) is 3.63. The molecule has 0 unspecified atom stereocenters. The lowest BCUT2D eigenvalue weighted by Crippen LogP contribution is -2.02. The van der Waals surface area contributed by atoms with Crippen LogP contribution in [0.1, 0.15) is 15.9 Å². The van der Waals surface area contributed by atoms with Gasteiger partial charge in [0.25, 0.3) is 0 Å². The molecule has 0 heterocycles. The summed E-state index contributed by atoms with van der Waals surface area (Å²) in [6.07, 6.45) is 1.38. The number of methoxy groups -OCH3 is 1. The summed E-state index contributed by atoms with van der Waals surface area (Å²) in [7, 11) is 1.32. The summed E-state index contributed by atoms with van der Waals surface area (Å²) in [5.41, 5.74) is 2.76. The largest absolute Gasteiger partial charge is 0.465 e. The van der Waals surface area contributed by atoms with Gasteiger partial charge in [-0.1, -0.05) is 12.1 Å². The lowest BCUT2D eigenvalue weighted by atomic mass is 10.1. The molecule has 5 heteroatoms. The summed E-state index contributed by atoms with van der Waals surface area (Å²) in [4.78, 5) is 11.1. The summed E-state index contributed by atoms with van der Waals surface area (Å²) < 4.78 is 4.55. The second-order valence-corrected chi connectivity index (χ2v) is 2.48. The number of esters is 1. The Hall–Kier alpha value is -1.88. The van der Waals surface area contributed by atoms with Gasteiger partial charge in [-0.25, -0.2) is 4.79 Å². The van der Waals surface area contributed by atoms with Crippen molar-refractivity contribution < 1.29 is 14.7 Å². The Morgan fingerprint density at radius 1 is 1.64 bits per heavy atom. The highest BCUT2D eigenvalue weighted by atomic mass is 16.5. The fraction of sp³-hybridized carbons (Fsp3) is 0.111. The van der Waals surface area contributed by atoms with Crippen molar-refractivity contribution in [3.05, 3.63) is 35.4 Å². The molecule has 1 aromatic rings. The van der Waals surface area contributed by atoms with E-state index in [0.717, 1.165) is 0 Å². The number of hydrogen-bond acceptors (Lipinski definition) is 5. The zero-order valence-electron chi connectivity index (χ0n) is 7.60. The summed E-state index contributed by atoms with van der Waals surface area (Å²) >= 11 is 0. The van der Waals surface area contributed by atoms with Crippen molar-refractivity contribution in [2.24, 2.45) is 5.10 Å². The normalized spacial score (nSPS) is 10.1. The van der Waals surface area contributed by atoms with E-state index < -0.39 is 5.97 Å². The zero-order chi connectivity index (χ0) is 10.4. The van der Waals surface area contributed by atoms with Crippen molar-refractivity contribution in [1.82, 2.24) is 5.59 Å². The van der Waals surface area contributed by atoms with Crippen molar-refractivity contribution >= 4 is 12.2 Å². The lowest BCUT2D eigenvalue weighted by Gasteiger charge is -1.99. The number of nitrogens with one attached hydrogen (secondary N) is 1. The molecule has 0 bridgehead atoms. The molecular formula is C9H10N2O3. The van der Waals surface area contributed by atoms with E-state index in [1.165, 1.54) is 13.3 Å². The van der Waals surface area contributed by atoms with E-state index in [0.29, 0.717) is 11.1 Å². The minimum Gasteiger partial charge on any atom is -0.465 e. The molecule has 0 atom stereocenters. The predicted octanol–water partition coefficient (Wildman–Crippen LogP) is 0.786. The van der Waals surface area contributed by atoms with Gasteiger partial charge >= 0.3 is 5.97 Å². The standard InChI is InChI=1S/C9H10N2O3/c1-14-9(12)8-4-2-3-7(5-8)6-10-11-13/h2-6,11,13H,1H3. The van der Waals surface area contributed by atoms with Gasteiger partial charge in [0.1, 0.15) is 0 Å². The third-order valence-corrected chi connectivity index (χ3v) is 1.58. The van der Waals surface area contributed by atoms with Crippen molar-refractivity contribution in [1.29, 1.82) is 0 Å². The van der Waals surface area contributed by atoms with Crippen LogP contribution in [0.25, 0.3) is 0 Å². The monoisotopic (exact) mass is 194 g/mol. The van der Waals surface area contributed by atoms with E-state index in [2.05, 4.69) is 9.84 Å². The number of rotatable bonds is 3. The minimum atomic E-state index is -0.405. The molecule has 0 fully saturated rings. The van der Waals surface area contributed by atoms with Crippen LogP contribution in [0.5, 0.6) is 0 Å². The molecule has 0 amide bonds. The maximum Gasteiger partial charge on any atom is 0.337 e. The number of ether oxygens (including phenoxy) is 1. The van der Waals surface area contributed by atoms with Gasteiger partial charge in [-0.3, -0.25) is 5.21 Å². The highest BCUT2D eigenvalue weighted by Crippen LogP contribution is 2.04. The van der Waals surface area contributed by atoms with Gasteiger partial charge < -0.3 is 4.74 Å². The highest BCUT2D eigenvalue weighted by Gasteiger charge is 2.03. The molecule has 5 nitrogen and oxygen atoms in total. The average molecular weight is 194 g/mol.